The summed E-state index contributed by atoms with van der Waals surface area (Å²) in [5.41, 5.74) is 10.7. The molecule has 0 spiro atoms. The fourth-order valence-electron chi connectivity index (χ4n) is 1.68. The Hall–Kier alpha value is -2.46. The van der Waals surface area contributed by atoms with Crippen LogP contribution < -0.4 is 4.74 Å². The van der Waals surface area contributed by atoms with Crippen LogP contribution in [0.15, 0.2) is 33.9 Å². The molecule has 1 heterocycles. The molecule has 0 aliphatic rings. The maximum atomic E-state index is 8.39. The van der Waals surface area contributed by atoms with Crippen LogP contribution >= 0.6 is 0 Å². The lowest BCUT2D eigenvalue weighted by molar-refractivity contribution is 0.398. The van der Waals surface area contributed by atoms with Gasteiger partial charge in [-0.05, 0) is 24.6 Å². The lowest BCUT2D eigenvalue weighted by Gasteiger charge is -2.03. The number of azide groups is 1. The van der Waals surface area contributed by atoms with E-state index in [4.69, 9.17) is 14.8 Å². The molecule has 0 aliphatic heterocycles. The number of benzene rings is 1. The van der Waals surface area contributed by atoms with Gasteiger partial charge in [-0.1, -0.05) is 22.4 Å². The van der Waals surface area contributed by atoms with Crippen LogP contribution in [-0.4, -0.2) is 12.3 Å². The second kappa shape index (κ2) is 5.25. The Bertz CT molecular complexity index is 600. The van der Waals surface area contributed by atoms with Gasteiger partial charge in [0.05, 0.1) is 13.7 Å². The SMILES string of the molecule is COc1cccc(-c2noc(C)c2CN=[N+]=[N-])c1. The van der Waals surface area contributed by atoms with Crippen LogP contribution in [0.3, 0.4) is 0 Å². The Morgan fingerprint density at radius 3 is 3.06 bits per heavy atom. The molecule has 6 heteroatoms. The molecule has 0 N–H and O–H groups in total. The molecule has 0 fully saturated rings. The molecule has 0 saturated heterocycles. The first-order chi connectivity index (χ1) is 8.76. The van der Waals surface area contributed by atoms with E-state index in [0.717, 1.165) is 16.9 Å². The van der Waals surface area contributed by atoms with Gasteiger partial charge in [-0.3, -0.25) is 0 Å². The maximum Gasteiger partial charge on any atom is 0.137 e. The Kier molecular flexibility index (Phi) is 3.50. The zero-order valence-corrected chi connectivity index (χ0v) is 10.1. The van der Waals surface area contributed by atoms with Crippen LogP contribution in [0, 0.1) is 6.92 Å². The van der Waals surface area contributed by atoms with Crippen molar-refractivity contribution in [1.82, 2.24) is 5.16 Å². The largest absolute Gasteiger partial charge is 0.497 e. The van der Waals surface area contributed by atoms with Crippen LogP contribution in [0.25, 0.3) is 21.7 Å². The van der Waals surface area contributed by atoms with Crippen molar-refractivity contribution in [2.45, 2.75) is 13.5 Å². The first-order valence-electron chi connectivity index (χ1n) is 5.36. The minimum Gasteiger partial charge on any atom is -0.497 e. The van der Waals surface area contributed by atoms with Crippen molar-refractivity contribution in [3.63, 3.8) is 0 Å². The fourth-order valence-corrected chi connectivity index (χ4v) is 1.68. The smallest absolute Gasteiger partial charge is 0.137 e. The molecule has 2 aromatic rings. The number of aromatic nitrogens is 1. The predicted octanol–water partition coefficient (Wildman–Crippen LogP) is 3.47. The molecule has 1 aromatic heterocycles. The molecule has 18 heavy (non-hydrogen) atoms. The number of nitrogens with zero attached hydrogens (tertiary/aromatic N) is 4. The number of methoxy groups -OCH3 is 1. The Labute approximate surface area is 104 Å². The molecule has 1 aromatic carbocycles. The van der Waals surface area contributed by atoms with Gasteiger partial charge < -0.3 is 9.26 Å². The second-order valence-electron chi connectivity index (χ2n) is 3.69. The highest BCUT2D eigenvalue weighted by Crippen LogP contribution is 2.28. The van der Waals surface area contributed by atoms with Gasteiger partial charge in [0.15, 0.2) is 0 Å². The topological polar surface area (TPSA) is 84.0 Å². The van der Waals surface area contributed by atoms with Crippen molar-refractivity contribution in [2.24, 2.45) is 5.11 Å². The van der Waals surface area contributed by atoms with Crippen LogP contribution in [0.2, 0.25) is 0 Å². The summed E-state index contributed by atoms with van der Waals surface area (Å²) in [4.78, 5) is 2.75. The number of ether oxygens (including phenoxy) is 1. The predicted molar refractivity (Wildman–Crippen MR) is 66.1 cm³/mol. The minimum atomic E-state index is 0.221. The van der Waals surface area contributed by atoms with Gasteiger partial charge in [0.2, 0.25) is 0 Å². The lowest BCUT2D eigenvalue weighted by Crippen LogP contribution is -1.88. The van der Waals surface area contributed by atoms with Crippen molar-refractivity contribution in [3.8, 4) is 17.0 Å². The number of hydrogen-bond acceptors (Lipinski definition) is 4. The van der Waals surface area contributed by atoms with Crippen molar-refractivity contribution < 1.29 is 9.26 Å². The molecule has 0 unspecified atom stereocenters. The van der Waals surface area contributed by atoms with Crippen LogP contribution in [0.5, 0.6) is 5.75 Å². The number of aryl methyl sites for hydroxylation is 1. The molecule has 0 radical (unpaired) electrons. The molecule has 0 saturated carbocycles. The van der Waals surface area contributed by atoms with E-state index in [2.05, 4.69) is 15.2 Å². The van der Waals surface area contributed by atoms with E-state index in [-0.39, 0.29) is 6.54 Å². The summed E-state index contributed by atoms with van der Waals surface area (Å²) >= 11 is 0. The summed E-state index contributed by atoms with van der Waals surface area (Å²) in [5.74, 6) is 1.39. The zero-order valence-electron chi connectivity index (χ0n) is 10.1. The highest BCUT2D eigenvalue weighted by Gasteiger charge is 2.14. The van der Waals surface area contributed by atoms with Gasteiger partial charge in [-0.2, -0.15) is 0 Å². The van der Waals surface area contributed by atoms with E-state index in [0.29, 0.717) is 11.5 Å². The number of rotatable bonds is 4. The van der Waals surface area contributed by atoms with E-state index >= 15 is 0 Å². The summed E-state index contributed by atoms with van der Waals surface area (Å²) in [6.07, 6.45) is 0. The molecule has 2 rings (SSSR count). The average molecular weight is 244 g/mol. The van der Waals surface area contributed by atoms with E-state index in [9.17, 15) is 0 Å². The first kappa shape index (κ1) is 12.0. The van der Waals surface area contributed by atoms with Gasteiger partial charge in [0.25, 0.3) is 0 Å². The third kappa shape index (κ3) is 2.28. The van der Waals surface area contributed by atoms with Crippen molar-refractivity contribution in [1.29, 1.82) is 0 Å². The number of hydrogen-bond donors (Lipinski definition) is 0. The standard InChI is InChI=1S/C12H12N4O2/c1-8-11(7-14-16-13)12(15-18-8)9-4-3-5-10(6-9)17-2/h3-6H,7H2,1-2H3. The third-order valence-corrected chi connectivity index (χ3v) is 2.62. The average Bonchev–Trinajstić information content (AvgIpc) is 2.77. The zero-order chi connectivity index (χ0) is 13.0. The van der Waals surface area contributed by atoms with Crippen molar-refractivity contribution in [3.05, 3.63) is 46.0 Å². The molecule has 0 aliphatic carbocycles. The van der Waals surface area contributed by atoms with E-state index in [1.807, 2.05) is 24.3 Å². The highest BCUT2D eigenvalue weighted by atomic mass is 16.5. The van der Waals surface area contributed by atoms with Crippen molar-refractivity contribution in [2.75, 3.05) is 7.11 Å². The van der Waals surface area contributed by atoms with Gasteiger partial charge in [0, 0.05) is 16.0 Å². The van der Waals surface area contributed by atoms with Crippen LogP contribution in [-0.2, 0) is 6.54 Å². The fraction of sp³-hybridized carbons (Fsp3) is 0.250. The molecule has 0 bridgehead atoms. The normalized spacial score (nSPS) is 9.89. The molecule has 0 amide bonds. The molecule has 92 valence electrons. The van der Waals surface area contributed by atoms with E-state index in [1.165, 1.54) is 0 Å². The molecular formula is C12H12N4O2. The monoisotopic (exact) mass is 244 g/mol. The van der Waals surface area contributed by atoms with Gasteiger partial charge in [-0.15, -0.1) is 0 Å². The summed E-state index contributed by atoms with van der Waals surface area (Å²) in [6.45, 7) is 2.01. The van der Waals surface area contributed by atoms with E-state index < -0.39 is 0 Å². The highest BCUT2D eigenvalue weighted by molar-refractivity contribution is 5.65. The Morgan fingerprint density at radius 1 is 1.50 bits per heavy atom. The Balaban J connectivity index is 2.46. The molecular weight excluding hydrogens is 232 g/mol. The van der Waals surface area contributed by atoms with Gasteiger partial charge >= 0.3 is 0 Å². The minimum absolute atomic E-state index is 0.221. The maximum absolute atomic E-state index is 8.39. The summed E-state index contributed by atoms with van der Waals surface area (Å²) in [7, 11) is 1.61. The molecule has 6 nitrogen and oxygen atoms in total. The summed E-state index contributed by atoms with van der Waals surface area (Å²) in [5, 5.41) is 7.55. The summed E-state index contributed by atoms with van der Waals surface area (Å²) < 4.78 is 10.3. The third-order valence-electron chi connectivity index (χ3n) is 2.62. The first-order valence-corrected chi connectivity index (χ1v) is 5.36. The second-order valence-corrected chi connectivity index (χ2v) is 3.69. The van der Waals surface area contributed by atoms with E-state index in [1.54, 1.807) is 14.0 Å². The Morgan fingerprint density at radius 2 is 2.33 bits per heavy atom. The molecule has 0 atom stereocenters. The van der Waals surface area contributed by atoms with Crippen LogP contribution in [0.1, 0.15) is 11.3 Å². The van der Waals surface area contributed by atoms with Crippen molar-refractivity contribution >= 4 is 0 Å². The quantitative estimate of drug-likeness (QED) is 0.469. The lowest BCUT2D eigenvalue weighted by atomic mass is 10.1. The summed E-state index contributed by atoms with van der Waals surface area (Å²) in [6, 6.07) is 7.48. The van der Waals surface area contributed by atoms with Gasteiger partial charge in [-0.25, -0.2) is 0 Å². The van der Waals surface area contributed by atoms with Crippen LogP contribution in [0.4, 0.5) is 0 Å². The van der Waals surface area contributed by atoms with Gasteiger partial charge in [0.1, 0.15) is 17.2 Å².